The highest BCUT2D eigenvalue weighted by molar-refractivity contribution is 7.89. The summed E-state index contributed by atoms with van der Waals surface area (Å²) in [6, 6.07) is 12.3. The molecule has 3 rings (SSSR count). The van der Waals surface area contributed by atoms with E-state index in [4.69, 9.17) is 16.3 Å². The maximum absolute atomic E-state index is 13.3. The van der Waals surface area contributed by atoms with Crippen LogP contribution in [0.3, 0.4) is 0 Å². The molecule has 0 atom stereocenters. The molecule has 5 nitrogen and oxygen atoms in total. The van der Waals surface area contributed by atoms with Crippen LogP contribution in [0.1, 0.15) is 0 Å². The Kier molecular flexibility index (Phi) is 6.13. The predicted molar refractivity (Wildman–Crippen MR) is 97.7 cm³/mol. The predicted octanol–water partition coefficient (Wildman–Crippen LogP) is 1.45. The van der Waals surface area contributed by atoms with E-state index in [1.54, 1.807) is 12.1 Å². The highest BCUT2D eigenvalue weighted by Crippen LogP contribution is 2.17. The van der Waals surface area contributed by atoms with Gasteiger partial charge in [0, 0.05) is 5.02 Å². The van der Waals surface area contributed by atoms with Crippen LogP contribution >= 0.6 is 11.6 Å². The quantitative estimate of drug-likeness (QED) is 0.799. The van der Waals surface area contributed by atoms with Gasteiger partial charge in [-0.3, -0.25) is 0 Å². The minimum absolute atomic E-state index is 0.00650. The Hall–Kier alpha value is -1.67. The van der Waals surface area contributed by atoms with Gasteiger partial charge >= 0.3 is 0 Å². The number of ether oxygens (including phenoxy) is 1. The fourth-order valence-electron chi connectivity index (χ4n) is 2.91. The molecule has 0 unspecified atom stereocenters. The van der Waals surface area contributed by atoms with E-state index < -0.39 is 15.8 Å². The van der Waals surface area contributed by atoms with Gasteiger partial charge in [0.05, 0.1) is 31.1 Å². The third kappa shape index (κ3) is 4.73. The lowest BCUT2D eigenvalue weighted by atomic mass is 10.3. The van der Waals surface area contributed by atoms with Crippen molar-refractivity contribution in [2.24, 2.45) is 0 Å². The number of hydrogen-bond donors (Lipinski definition) is 1. The van der Waals surface area contributed by atoms with Gasteiger partial charge in [-0.1, -0.05) is 17.7 Å². The van der Waals surface area contributed by atoms with Crippen LogP contribution in [-0.2, 0) is 10.0 Å². The molecule has 1 N–H and O–H groups in total. The van der Waals surface area contributed by atoms with Gasteiger partial charge in [0.25, 0.3) is 0 Å². The summed E-state index contributed by atoms with van der Waals surface area (Å²) in [4.78, 5) is 1.29. The average Bonchev–Trinajstić information content (AvgIpc) is 2.64. The van der Waals surface area contributed by atoms with Crippen LogP contribution in [0, 0.1) is 5.82 Å². The van der Waals surface area contributed by atoms with Crippen molar-refractivity contribution in [3.8, 4) is 5.75 Å². The van der Waals surface area contributed by atoms with Crippen LogP contribution in [0.15, 0.2) is 53.4 Å². The molecule has 0 amide bonds. The molecule has 0 saturated carbocycles. The first-order valence-corrected chi connectivity index (χ1v) is 10.2. The van der Waals surface area contributed by atoms with Crippen molar-refractivity contribution in [3.63, 3.8) is 0 Å². The van der Waals surface area contributed by atoms with E-state index in [2.05, 4.69) is 0 Å². The Balaban J connectivity index is 1.48. The van der Waals surface area contributed by atoms with Crippen LogP contribution in [-0.4, -0.2) is 52.1 Å². The highest BCUT2D eigenvalue weighted by Gasteiger charge is 2.30. The molecule has 1 saturated heterocycles. The first-order valence-electron chi connectivity index (χ1n) is 8.43. The summed E-state index contributed by atoms with van der Waals surface area (Å²) >= 11 is 5.84. The molecule has 0 aliphatic carbocycles. The summed E-state index contributed by atoms with van der Waals surface area (Å²) in [6.45, 7) is 3.55. The smallest absolute Gasteiger partial charge is 0.243 e. The van der Waals surface area contributed by atoms with E-state index in [-0.39, 0.29) is 4.90 Å². The van der Waals surface area contributed by atoms with E-state index in [1.165, 1.54) is 27.4 Å². The first-order chi connectivity index (χ1) is 12.4. The van der Waals surface area contributed by atoms with Gasteiger partial charge in [0.1, 0.15) is 24.7 Å². The number of hydrogen-bond acceptors (Lipinski definition) is 3. The molecule has 0 spiro atoms. The van der Waals surface area contributed by atoms with Crippen LogP contribution in [0.2, 0.25) is 5.02 Å². The second kappa shape index (κ2) is 8.35. The summed E-state index contributed by atoms with van der Waals surface area (Å²) < 4.78 is 45.6. The monoisotopic (exact) mass is 399 g/mol. The topological polar surface area (TPSA) is 51.0 Å². The molecule has 2 aromatic rings. The van der Waals surface area contributed by atoms with Crippen molar-refractivity contribution in [3.05, 3.63) is 59.4 Å². The van der Waals surface area contributed by atoms with Crippen molar-refractivity contribution >= 4 is 21.6 Å². The fourth-order valence-corrected chi connectivity index (χ4v) is 4.51. The first kappa shape index (κ1) is 19.1. The Bertz CT molecular complexity index is 838. The van der Waals surface area contributed by atoms with Gasteiger partial charge in [-0.2, -0.15) is 4.31 Å². The molecular formula is C18H21ClFN2O3S+. The SMILES string of the molecule is O=S(=O)(c1cccc(F)c1)N1CC[NH+](CCOc2ccc(Cl)cc2)CC1. The number of sulfonamides is 1. The van der Waals surface area contributed by atoms with Gasteiger partial charge in [-0.05, 0) is 42.5 Å². The molecule has 1 fully saturated rings. The van der Waals surface area contributed by atoms with Crippen molar-refractivity contribution in [1.29, 1.82) is 0 Å². The lowest BCUT2D eigenvalue weighted by Crippen LogP contribution is -3.15. The lowest BCUT2D eigenvalue weighted by Gasteiger charge is -2.31. The zero-order chi connectivity index (χ0) is 18.6. The summed E-state index contributed by atoms with van der Waals surface area (Å²) in [5.74, 6) is 0.218. The average molecular weight is 400 g/mol. The molecule has 140 valence electrons. The molecule has 26 heavy (non-hydrogen) atoms. The van der Waals surface area contributed by atoms with Gasteiger partial charge in [0.2, 0.25) is 10.0 Å². The molecule has 8 heteroatoms. The number of halogens is 2. The second-order valence-corrected chi connectivity index (χ2v) is 8.54. The number of nitrogens with one attached hydrogen (secondary N) is 1. The summed E-state index contributed by atoms with van der Waals surface area (Å²) in [6.07, 6.45) is 0. The number of quaternary nitrogens is 1. The number of rotatable bonds is 6. The molecule has 1 heterocycles. The third-order valence-corrected chi connectivity index (χ3v) is 6.55. The Morgan fingerprint density at radius 2 is 1.81 bits per heavy atom. The normalized spacial score (nSPS) is 16.5. The Morgan fingerprint density at radius 1 is 1.12 bits per heavy atom. The summed E-state index contributed by atoms with van der Waals surface area (Å²) in [5.41, 5.74) is 0. The van der Waals surface area contributed by atoms with Gasteiger partial charge in [-0.25, -0.2) is 12.8 Å². The standard InChI is InChI=1S/C18H20ClFN2O3S/c19-15-4-6-17(7-5-15)25-13-12-21-8-10-22(11-9-21)26(23,24)18-3-1-2-16(20)14-18/h1-7,14H,8-13H2/p+1. The Morgan fingerprint density at radius 3 is 2.46 bits per heavy atom. The van der Waals surface area contributed by atoms with E-state index in [0.29, 0.717) is 37.8 Å². The Labute approximate surface area is 158 Å². The largest absolute Gasteiger partial charge is 0.488 e. The van der Waals surface area contributed by atoms with Gasteiger partial charge in [-0.15, -0.1) is 0 Å². The number of benzene rings is 2. The summed E-state index contributed by atoms with van der Waals surface area (Å²) in [7, 11) is -3.64. The van der Waals surface area contributed by atoms with Crippen LogP contribution in [0.25, 0.3) is 0 Å². The molecule has 1 aliphatic heterocycles. The zero-order valence-electron chi connectivity index (χ0n) is 14.2. The molecule has 0 aromatic heterocycles. The lowest BCUT2D eigenvalue weighted by molar-refractivity contribution is -0.903. The highest BCUT2D eigenvalue weighted by atomic mass is 35.5. The van der Waals surface area contributed by atoms with Crippen molar-refractivity contribution in [2.75, 3.05) is 39.3 Å². The molecule has 0 bridgehead atoms. The maximum atomic E-state index is 13.3. The molecule has 1 aliphatic rings. The molecule has 2 aromatic carbocycles. The van der Waals surface area contributed by atoms with Gasteiger partial charge in [0.15, 0.2) is 0 Å². The number of nitrogens with zero attached hydrogens (tertiary/aromatic N) is 1. The van der Waals surface area contributed by atoms with Crippen molar-refractivity contribution in [2.45, 2.75) is 4.90 Å². The van der Waals surface area contributed by atoms with Crippen molar-refractivity contribution in [1.82, 2.24) is 4.31 Å². The summed E-state index contributed by atoms with van der Waals surface area (Å²) in [5, 5.41) is 0.665. The second-order valence-electron chi connectivity index (χ2n) is 6.16. The van der Waals surface area contributed by atoms with E-state index >= 15 is 0 Å². The van der Waals surface area contributed by atoms with Crippen molar-refractivity contribution < 1.29 is 22.4 Å². The fraction of sp³-hybridized carbons (Fsp3) is 0.333. The van der Waals surface area contributed by atoms with E-state index in [9.17, 15) is 12.8 Å². The minimum atomic E-state index is -3.64. The zero-order valence-corrected chi connectivity index (χ0v) is 15.8. The van der Waals surface area contributed by atoms with E-state index in [1.807, 2.05) is 12.1 Å². The molecular weight excluding hydrogens is 379 g/mol. The maximum Gasteiger partial charge on any atom is 0.243 e. The van der Waals surface area contributed by atoms with Gasteiger partial charge < -0.3 is 9.64 Å². The molecule has 0 radical (unpaired) electrons. The third-order valence-electron chi connectivity index (χ3n) is 4.40. The van der Waals surface area contributed by atoms with E-state index in [0.717, 1.165) is 18.4 Å². The van der Waals surface area contributed by atoms with Crippen LogP contribution < -0.4 is 9.64 Å². The minimum Gasteiger partial charge on any atom is -0.488 e. The number of piperazine rings is 1. The van der Waals surface area contributed by atoms with Crippen LogP contribution in [0.5, 0.6) is 5.75 Å². The van der Waals surface area contributed by atoms with Crippen LogP contribution in [0.4, 0.5) is 4.39 Å².